The van der Waals surface area contributed by atoms with Gasteiger partial charge in [-0.25, -0.2) is 13.1 Å². The molecule has 116 valence electrons. The van der Waals surface area contributed by atoms with Crippen LogP contribution >= 0.6 is 38.6 Å². The second-order valence-electron chi connectivity index (χ2n) is 4.53. The Morgan fingerprint density at radius 2 is 2.19 bits per heavy atom. The molecule has 0 bridgehead atoms. The highest BCUT2D eigenvalue weighted by atomic mass is 79.9. The molecule has 0 saturated carbocycles. The lowest BCUT2D eigenvalue weighted by Crippen LogP contribution is -2.26. The molecule has 0 aromatic carbocycles. The van der Waals surface area contributed by atoms with Crippen LogP contribution in [0.3, 0.4) is 0 Å². The maximum absolute atomic E-state index is 12.5. The molecule has 2 aromatic rings. The molecule has 0 amide bonds. The van der Waals surface area contributed by atoms with Crippen molar-refractivity contribution in [3.8, 4) is 0 Å². The third-order valence-electron chi connectivity index (χ3n) is 2.92. The maximum Gasteiger partial charge on any atom is 0.243 e. The van der Waals surface area contributed by atoms with Gasteiger partial charge in [0.2, 0.25) is 10.0 Å². The van der Waals surface area contributed by atoms with Gasteiger partial charge in [-0.05, 0) is 57.9 Å². The molecule has 1 unspecified atom stereocenters. The van der Waals surface area contributed by atoms with E-state index in [1.165, 1.54) is 11.3 Å². The molecule has 0 aliphatic rings. The molecule has 2 N–H and O–H groups in total. The van der Waals surface area contributed by atoms with E-state index in [-0.39, 0.29) is 6.04 Å². The second kappa shape index (κ2) is 7.34. The lowest BCUT2D eigenvalue weighted by molar-refractivity contribution is 0.567. The summed E-state index contributed by atoms with van der Waals surface area (Å²) in [5.74, 6) is 0. The first-order valence-electron chi connectivity index (χ1n) is 6.47. The van der Waals surface area contributed by atoms with E-state index >= 15 is 0 Å². The fourth-order valence-corrected chi connectivity index (χ4v) is 6.44. The highest BCUT2D eigenvalue weighted by Gasteiger charge is 2.23. The summed E-state index contributed by atoms with van der Waals surface area (Å²) in [6.45, 7) is 5.39. The summed E-state index contributed by atoms with van der Waals surface area (Å²) in [5, 5.41) is 7.09. The van der Waals surface area contributed by atoms with Crippen LogP contribution in [-0.4, -0.2) is 15.0 Å². The minimum Gasteiger partial charge on any atom is -0.312 e. The SMILES string of the molecule is CCNCc1cc(S(=O)(=O)NC(C)c2ccsc2)c(Br)s1. The summed E-state index contributed by atoms with van der Waals surface area (Å²) in [4.78, 5) is 1.30. The summed E-state index contributed by atoms with van der Waals surface area (Å²) in [6.07, 6.45) is 0. The van der Waals surface area contributed by atoms with Gasteiger partial charge in [-0.1, -0.05) is 6.92 Å². The van der Waals surface area contributed by atoms with Crippen LogP contribution < -0.4 is 10.0 Å². The predicted molar refractivity (Wildman–Crippen MR) is 92.5 cm³/mol. The van der Waals surface area contributed by atoms with Crippen LogP contribution in [0.15, 0.2) is 31.6 Å². The van der Waals surface area contributed by atoms with Crippen LogP contribution in [0.1, 0.15) is 30.3 Å². The Kier molecular flexibility index (Phi) is 5.98. The van der Waals surface area contributed by atoms with Crippen LogP contribution in [0.4, 0.5) is 0 Å². The zero-order chi connectivity index (χ0) is 15.5. The number of halogens is 1. The molecule has 0 fully saturated rings. The Balaban J connectivity index is 2.17. The van der Waals surface area contributed by atoms with Gasteiger partial charge in [0.1, 0.15) is 4.90 Å². The number of rotatable bonds is 7. The normalized spacial score (nSPS) is 13.5. The fraction of sp³-hybridized carbons (Fsp3) is 0.385. The Morgan fingerprint density at radius 3 is 2.81 bits per heavy atom. The van der Waals surface area contributed by atoms with E-state index in [9.17, 15) is 8.42 Å². The summed E-state index contributed by atoms with van der Waals surface area (Å²) >= 11 is 6.36. The quantitative estimate of drug-likeness (QED) is 0.733. The van der Waals surface area contributed by atoms with Crippen molar-refractivity contribution < 1.29 is 8.42 Å². The van der Waals surface area contributed by atoms with Crippen molar-refractivity contribution >= 4 is 48.6 Å². The van der Waals surface area contributed by atoms with E-state index < -0.39 is 10.0 Å². The number of hydrogen-bond donors (Lipinski definition) is 2. The molecule has 2 heterocycles. The Hall–Kier alpha value is -0.250. The van der Waals surface area contributed by atoms with Crippen LogP contribution in [0.5, 0.6) is 0 Å². The van der Waals surface area contributed by atoms with Gasteiger partial charge in [-0.2, -0.15) is 11.3 Å². The highest BCUT2D eigenvalue weighted by Crippen LogP contribution is 2.32. The summed E-state index contributed by atoms with van der Waals surface area (Å²) in [6, 6.07) is 3.40. The molecule has 0 saturated heterocycles. The predicted octanol–water partition coefficient (Wildman–Crippen LogP) is 3.72. The molecule has 8 heteroatoms. The van der Waals surface area contributed by atoms with Crippen LogP contribution in [0.2, 0.25) is 0 Å². The molecule has 2 aromatic heterocycles. The zero-order valence-corrected chi connectivity index (χ0v) is 15.8. The van der Waals surface area contributed by atoms with Crippen molar-refractivity contribution in [3.63, 3.8) is 0 Å². The Labute approximate surface area is 141 Å². The van der Waals surface area contributed by atoms with Crippen molar-refractivity contribution in [2.45, 2.75) is 31.3 Å². The van der Waals surface area contributed by atoms with Crippen molar-refractivity contribution in [3.05, 3.63) is 37.1 Å². The van der Waals surface area contributed by atoms with Gasteiger partial charge in [0.05, 0.1) is 3.79 Å². The van der Waals surface area contributed by atoms with E-state index in [1.54, 1.807) is 17.4 Å². The summed E-state index contributed by atoms with van der Waals surface area (Å²) in [5.41, 5.74) is 0.975. The van der Waals surface area contributed by atoms with E-state index in [4.69, 9.17) is 0 Å². The number of nitrogens with one attached hydrogen (secondary N) is 2. The topological polar surface area (TPSA) is 58.2 Å². The molecule has 4 nitrogen and oxygen atoms in total. The van der Waals surface area contributed by atoms with Crippen LogP contribution in [-0.2, 0) is 16.6 Å². The lowest BCUT2D eigenvalue weighted by Gasteiger charge is -2.12. The molecule has 0 aliphatic carbocycles. The van der Waals surface area contributed by atoms with Crippen LogP contribution in [0, 0.1) is 0 Å². The Bertz CT molecular complexity index is 680. The molecule has 21 heavy (non-hydrogen) atoms. The van der Waals surface area contributed by atoms with Crippen molar-refractivity contribution in [1.82, 2.24) is 10.0 Å². The van der Waals surface area contributed by atoms with E-state index in [0.717, 1.165) is 17.0 Å². The maximum atomic E-state index is 12.5. The van der Waals surface area contributed by atoms with E-state index in [0.29, 0.717) is 15.2 Å². The molecule has 1 atom stereocenters. The van der Waals surface area contributed by atoms with E-state index in [1.807, 2.05) is 30.7 Å². The highest BCUT2D eigenvalue weighted by molar-refractivity contribution is 9.11. The molecule has 0 radical (unpaired) electrons. The first-order valence-corrected chi connectivity index (χ1v) is 10.5. The first kappa shape index (κ1) is 17.1. The fourth-order valence-electron chi connectivity index (χ4n) is 1.80. The first-order chi connectivity index (χ1) is 9.94. The number of hydrogen-bond acceptors (Lipinski definition) is 5. The molecule has 0 aliphatic heterocycles. The Morgan fingerprint density at radius 1 is 1.43 bits per heavy atom. The van der Waals surface area contributed by atoms with E-state index in [2.05, 4.69) is 26.0 Å². The minimum atomic E-state index is -3.53. The monoisotopic (exact) mass is 408 g/mol. The van der Waals surface area contributed by atoms with Crippen molar-refractivity contribution in [2.75, 3.05) is 6.54 Å². The largest absolute Gasteiger partial charge is 0.312 e. The molecule has 2 rings (SSSR count). The summed E-state index contributed by atoms with van der Waals surface area (Å²) in [7, 11) is -3.53. The second-order valence-corrected chi connectivity index (χ2v) is 9.45. The standard InChI is InChI=1S/C13H17BrN2O2S3/c1-3-15-7-11-6-12(13(14)20-11)21(17,18)16-9(2)10-4-5-19-8-10/h4-6,8-9,15-16H,3,7H2,1-2H3. The van der Waals surface area contributed by atoms with Crippen LogP contribution in [0.25, 0.3) is 0 Å². The molecular weight excluding hydrogens is 392 g/mol. The van der Waals surface area contributed by atoms with Gasteiger partial charge in [0, 0.05) is 17.5 Å². The zero-order valence-electron chi connectivity index (χ0n) is 11.7. The van der Waals surface area contributed by atoms with Gasteiger partial charge in [-0.3, -0.25) is 0 Å². The lowest BCUT2D eigenvalue weighted by atomic mass is 10.2. The molecular formula is C13H17BrN2O2S3. The number of sulfonamides is 1. The van der Waals surface area contributed by atoms with Crippen molar-refractivity contribution in [1.29, 1.82) is 0 Å². The average Bonchev–Trinajstić information content (AvgIpc) is 3.05. The third-order valence-corrected chi connectivity index (χ3v) is 7.41. The van der Waals surface area contributed by atoms with Gasteiger partial charge in [0.25, 0.3) is 0 Å². The summed E-state index contributed by atoms with van der Waals surface area (Å²) < 4.78 is 28.3. The minimum absolute atomic E-state index is 0.245. The smallest absolute Gasteiger partial charge is 0.243 e. The van der Waals surface area contributed by atoms with Crippen molar-refractivity contribution in [2.24, 2.45) is 0 Å². The molecule has 0 spiro atoms. The number of thiophene rings is 2. The van der Waals surface area contributed by atoms with Gasteiger partial charge in [-0.15, -0.1) is 11.3 Å². The third kappa shape index (κ3) is 4.37. The average molecular weight is 409 g/mol. The van der Waals surface area contributed by atoms with Gasteiger partial charge in [0.15, 0.2) is 0 Å². The van der Waals surface area contributed by atoms with Gasteiger partial charge >= 0.3 is 0 Å². The van der Waals surface area contributed by atoms with Gasteiger partial charge < -0.3 is 5.32 Å².